The molecular formula is C14H19NO4S. The number of sulfonamides is 1. The summed E-state index contributed by atoms with van der Waals surface area (Å²) < 4.78 is 31.8. The van der Waals surface area contributed by atoms with E-state index in [2.05, 4.69) is 0 Å². The molecule has 2 aliphatic rings. The summed E-state index contributed by atoms with van der Waals surface area (Å²) in [6, 6.07) is 5.07. The average Bonchev–Trinajstić information content (AvgIpc) is 2.76. The fourth-order valence-electron chi connectivity index (χ4n) is 2.55. The van der Waals surface area contributed by atoms with Gasteiger partial charge in [-0.15, -0.1) is 0 Å². The fraction of sp³-hybridized carbons (Fsp3) is 0.571. The van der Waals surface area contributed by atoms with Crippen LogP contribution in [0.25, 0.3) is 0 Å². The van der Waals surface area contributed by atoms with Crippen LogP contribution in [0.3, 0.4) is 0 Å². The van der Waals surface area contributed by atoms with Gasteiger partial charge in [-0.05, 0) is 55.9 Å². The maximum atomic E-state index is 12.6. The summed E-state index contributed by atoms with van der Waals surface area (Å²) in [5.74, 6) is 0.798. The van der Waals surface area contributed by atoms with Crippen molar-refractivity contribution < 1.29 is 18.0 Å². The first kappa shape index (κ1) is 13.9. The lowest BCUT2D eigenvalue weighted by Crippen LogP contribution is -2.31. The third-order valence-corrected chi connectivity index (χ3v) is 5.34. The second-order valence-corrected chi connectivity index (χ2v) is 6.98. The van der Waals surface area contributed by atoms with E-state index in [0.717, 1.165) is 47.9 Å². The normalized spacial score (nSPS) is 20.8. The largest absolute Gasteiger partial charge is 0.493 e. The second-order valence-electron chi connectivity index (χ2n) is 5.15. The molecule has 1 fully saturated rings. The molecule has 1 saturated heterocycles. The molecule has 1 aromatic carbocycles. The minimum Gasteiger partial charge on any atom is -0.493 e. The Morgan fingerprint density at radius 3 is 2.85 bits per heavy atom. The molecule has 0 spiro atoms. The van der Waals surface area contributed by atoms with Gasteiger partial charge in [0.2, 0.25) is 0 Å². The van der Waals surface area contributed by atoms with Crippen LogP contribution in [0.2, 0.25) is 0 Å². The molecule has 0 saturated carbocycles. The van der Waals surface area contributed by atoms with Gasteiger partial charge in [-0.25, -0.2) is 8.42 Å². The average molecular weight is 297 g/mol. The number of rotatable bonds is 2. The van der Waals surface area contributed by atoms with Gasteiger partial charge in [-0.1, -0.05) is 4.47 Å². The van der Waals surface area contributed by atoms with E-state index < -0.39 is 10.0 Å². The number of hydroxylamine groups is 1. The van der Waals surface area contributed by atoms with E-state index in [1.165, 1.54) is 0 Å². The maximum Gasteiger partial charge on any atom is 0.265 e. The van der Waals surface area contributed by atoms with Crippen LogP contribution < -0.4 is 4.74 Å². The number of aryl methyl sites for hydroxylation is 1. The molecule has 0 amide bonds. The smallest absolute Gasteiger partial charge is 0.265 e. The van der Waals surface area contributed by atoms with E-state index in [9.17, 15) is 8.42 Å². The molecule has 20 heavy (non-hydrogen) atoms. The summed E-state index contributed by atoms with van der Waals surface area (Å²) in [6.45, 7) is 1.59. The van der Waals surface area contributed by atoms with Gasteiger partial charge in [-0.2, -0.15) is 0 Å². The fourth-order valence-corrected chi connectivity index (χ4v) is 3.90. The monoisotopic (exact) mass is 297 g/mol. The zero-order chi connectivity index (χ0) is 14.0. The van der Waals surface area contributed by atoms with Crippen molar-refractivity contribution >= 4 is 10.0 Å². The molecule has 0 aliphatic carbocycles. The first-order valence-electron chi connectivity index (χ1n) is 7.09. The van der Waals surface area contributed by atoms with Crippen LogP contribution in [0.5, 0.6) is 5.75 Å². The van der Waals surface area contributed by atoms with Gasteiger partial charge in [-0.3, -0.25) is 4.84 Å². The summed E-state index contributed by atoms with van der Waals surface area (Å²) >= 11 is 0. The first-order chi connectivity index (χ1) is 9.68. The van der Waals surface area contributed by atoms with E-state index >= 15 is 0 Å². The van der Waals surface area contributed by atoms with Crippen LogP contribution in [0.1, 0.15) is 31.2 Å². The van der Waals surface area contributed by atoms with Gasteiger partial charge >= 0.3 is 0 Å². The van der Waals surface area contributed by atoms with Crippen molar-refractivity contribution in [3.05, 3.63) is 23.8 Å². The highest BCUT2D eigenvalue weighted by atomic mass is 32.2. The summed E-state index contributed by atoms with van der Waals surface area (Å²) in [5, 5.41) is 0. The highest BCUT2D eigenvalue weighted by Gasteiger charge is 2.27. The topological polar surface area (TPSA) is 55.8 Å². The van der Waals surface area contributed by atoms with Crippen LogP contribution in [0, 0.1) is 0 Å². The quantitative estimate of drug-likeness (QED) is 0.839. The van der Waals surface area contributed by atoms with E-state index in [4.69, 9.17) is 9.57 Å². The van der Waals surface area contributed by atoms with Gasteiger partial charge in [0.15, 0.2) is 0 Å². The summed E-state index contributed by atoms with van der Waals surface area (Å²) in [6.07, 6.45) is 4.54. The third-order valence-electron chi connectivity index (χ3n) is 3.67. The van der Waals surface area contributed by atoms with Crippen LogP contribution in [0.4, 0.5) is 0 Å². The molecule has 2 aliphatic heterocycles. The minimum atomic E-state index is -3.56. The van der Waals surface area contributed by atoms with Crippen LogP contribution >= 0.6 is 0 Å². The van der Waals surface area contributed by atoms with E-state index in [1.807, 2.05) is 0 Å². The molecule has 3 rings (SSSR count). The minimum absolute atomic E-state index is 0.295. The SMILES string of the molecule is O=S(=O)(c1ccc2c(c1)CCCO2)N1CCCCCO1. The molecular weight excluding hydrogens is 278 g/mol. The zero-order valence-electron chi connectivity index (χ0n) is 11.4. The first-order valence-corrected chi connectivity index (χ1v) is 8.53. The Morgan fingerprint density at radius 1 is 1.05 bits per heavy atom. The van der Waals surface area contributed by atoms with E-state index in [0.29, 0.717) is 24.7 Å². The lowest BCUT2D eigenvalue weighted by molar-refractivity contribution is -0.0748. The van der Waals surface area contributed by atoms with Gasteiger partial charge in [0.05, 0.1) is 18.1 Å². The maximum absolute atomic E-state index is 12.6. The third kappa shape index (κ3) is 2.68. The van der Waals surface area contributed by atoms with Crippen molar-refractivity contribution in [2.45, 2.75) is 37.0 Å². The van der Waals surface area contributed by atoms with Crippen molar-refractivity contribution in [2.24, 2.45) is 0 Å². The number of ether oxygens (including phenoxy) is 1. The van der Waals surface area contributed by atoms with Crippen LogP contribution in [0.15, 0.2) is 23.1 Å². The summed E-state index contributed by atoms with van der Waals surface area (Å²) in [4.78, 5) is 5.68. The van der Waals surface area contributed by atoms with Gasteiger partial charge in [0, 0.05) is 6.54 Å². The molecule has 0 atom stereocenters. The van der Waals surface area contributed by atoms with Crippen molar-refractivity contribution in [2.75, 3.05) is 19.8 Å². The lowest BCUT2D eigenvalue weighted by atomic mass is 10.1. The van der Waals surface area contributed by atoms with Crippen molar-refractivity contribution in [1.82, 2.24) is 4.47 Å². The molecule has 1 aromatic rings. The second kappa shape index (κ2) is 5.71. The van der Waals surface area contributed by atoms with E-state index in [1.54, 1.807) is 18.2 Å². The molecule has 0 unspecified atom stereocenters. The zero-order valence-corrected chi connectivity index (χ0v) is 12.2. The molecule has 110 valence electrons. The number of fused-ring (bicyclic) bond motifs is 1. The molecule has 0 aromatic heterocycles. The molecule has 5 nitrogen and oxygen atoms in total. The summed E-state index contributed by atoms with van der Waals surface area (Å²) in [5.41, 5.74) is 0.965. The predicted octanol–water partition coefficient (Wildman–Crippen LogP) is 2.12. The molecule has 0 bridgehead atoms. The Hall–Kier alpha value is -1.11. The number of benzene rings is 1. The predicted molar refractivity (Wildman–Crippen MR) is 74.0 cm³/mol. The lowest BCUT2D eigenvalue weighted by Gasteiger charge is -2.21. The van der Waals surface area contributed by atoms with Gasteiger partial charge in [0.25, 0.3) is 10.0 Å². The Balaban J connectivity index is 1.90. The Kier molecular flexibility index (Phi) is 3.96. The number of hydrogen-bond donors (Lipinski definition) is 0. The highest BCUT2D eigenvalue weighted by molar-refractivity contribution is 7.89. The van der Waals surface area contributed by atoms with Crippen molar-refractivity contribution in [3.63, 3.8) is 0 Å². The van der Waals surface area contributed by atoms with Crippen molar-refractivity contribution in [3.8, 4) is 5.75 Å². The molecule has 2 heterocycles. The van der Waals surface area contributed by atoms with Crippen LogP contribution in [-0.2, 0) is 21.3 Å². The Morgan fingerprint density at radius 2 is 1.95 bits per heavy atom. The standard InChI is InChI=1S/C14H19NO4S/c16-20(17,15-8-2-1-3-10-19-15)13-6-7-14-12(11-13)5-4-9-18-14/h6-7,11H,1-5,8-10H2. The molecule has 6 heteroatoms. The van der Waals surface area contributed by atoms with Gasteiger partial charge in [0.1, 0.15) is 5.75 Å². The van der Waals surface area contributed by atoms with Gasteiger partial charge < -0.3 is 4.74 Å². The van der Waals surface area contributed by atoms with Crippen molar-refractivity contribution in [1.29, 1.82) is 0 Å². The van der Waals surface area contributed by atoms with Crippen LogP contribution in [-0.4, -0.2) is 32.6 Å². The highest BCUT2D eigenvalue weighted by Crippen LogP contribution is 2.29. The Bertz CT molecular complexity index is 577. The Labute approximate surface area is 119 Å². The molecule has 0 radical (unpaired) electrons. The molecule has 0 N–H and O–H groups in total. The number of hydrogen-bond acceptors (Lipinski definition) is 4. The van der Waals surface area contributed by atoms with E-state index in [-0.39, 0.29) is 0 Å². The summed E-state index contributed by atoms with van der Waals surface area (Å²) in [7, 11) is -3.56. The number of nitrogens with zero attached hydrogens (tertiary/aromatic N) is 1.